The van der Waals surface area contributed by atoms with Gasteiger partial charge in [0.25, 0.3) is 5.91 Å². The van der Waals surface area contributed by atoms with Gasteiger partial charge in [0.2, 0.25) is 0 Å². The van der Waals surface area contributed by atoms with E-state index in [2.05, 4.69) is 22.5 Å². The molecule has 1 aromatic heterocycles. The SMILES string of the molecule is Cc1ocnc1C(=O)NCC1(C)CCNCC1. The van der Waals surface area contributed by atoms with E-state index >= 15 is 0 Å². The van der Waals surface area contributed by atoms with Crippen molar-refractivity contribution in [2.45, 2.75) is 26.7 Å². The Hall–Kier alpha value is -1.36. The average Bonchev–Trinajstić information content (AvgIpc) is 2.74. The van der Waals surface area contributed by atoms with Crippen molar-refractivity contribution in [1.82, 2.24) is 15.6 Å². The van der Waals surface area contributed by atoms with Gasteiger partial charge in [-0.2, -0.15) is 0 Å². The Balaban J connectivity index is 1.90. The van der Waals surface area contributed by atoms with Crippen LogP contribution in [-0.2, 0) is 0 Å². The van der Waals surface area contributed by atoms with Crippen molar-refractivity contribution in [3.8, 4) is 0 Å². The molecule has 5 heteroatoms. The first-order valence-corrected chi connectivity index (χ1v) is 6.00. The average molecular weight is 237 g/mol. The summed E-state index contributed by atoms with van der Waals surface area (Å²) >= 11 is 0. The first kappa shape index (κ1) is 12.1. The predicted molar refractivity (Wildman–Crippen MR) is 63.8 cm³/mol. The molecule has 0 spiro atoms. The van der Waals surface area contributed by atoms with Crippen LogP contribution in [0.1, 0.15) is 36.0 Å². The largest absolute Gasteiger partial charge is 0.448 e. The molecule has 1 aliphatic heterocycles. The van der Waals surface area contributed by atoms with Gasteiger partial charge in [-0.25, -0.2) is 4.98 Å². The van der Waals surface area contributed by atoms with Gasteiger partial charge < -0.3 is 15.1 Å². The van der Waals surface area contributed by atoms with Crippen LogP contribution in [0.15, 0.2) is 10.8 Å². The second kappa shape index (κ2) is 4.87. The molecule has 0 aliphatic carbocycles. The minimum atomic E-state index is -0.143. The normalized spacial score (nSPS) is 18.9. The van der Waals surface area contributed by atoms with Gasteiger partial charge in [0.05, 0.1) is 0 Å². The number of piperidine rings is 1. The molecule has 2 N–H and O–H groups in total. The maximum atomic E-state index is 11.9. The van der Waals surface area contributed by atoms with E-state index in [4.69, 9.17) is 4.42 Å². The van der Waals surface area contributed by atoms with E-state index in [0.29, 0.717) is 18.0 Å². The summed E-state index contributed by atoms with van der Waals surface area (Å²) in [5.74, 6) is 0.425. The molecule has 0 unspecified atom stereocenters. The molecule has 1 amide bonds. The highest BCUT2D eigenvalue weighted by atomic mass is 16.3. The lowest BCUT2D eigenvalue weighted by atomic mass is 9.81. The number of aromatic nitrogens is 1. The zero-order valence-electron chi connectivity index (χ0n) is 10.4. The van der Waals surface area contributed by atoms with E-state index in [0.717, 1.165) is 25.9 Å². The quantitative estimate of drug-likeness (QED) is 0.826. The van der Waals surface area contributed by atoms with Gasteiger partial charge in [0.15, 0.2) is 12.1 Å². The van der Waals surface area contributed by atoms with Crippen molar-refractivity contribution in [1.29, 1.82) is 0 Å². The maximum Gasteiger partial charge on any atom is 0.273 e. The summed E-state index contributed by atoms with van der Waals surface area (Å²) in [4.78, 5) is 15.8. The van der Waals surface area contributed by atoms with Crippen LogP contribution in [-0.4, -0.2) is 30.5 Å². The molecule has 1 aliphatic rings. The highest BCUT2D eigenvalue weighted by Gasteiger charge is 2.27. The third kappa shape index (κ3) is 2.85. The number of amides is 1. The van der Waals surface area contributed by atoms with Gasteiger partial charge in [-0.15, -0.1) is 0 Å². The monoisotopic (exact) mass is 237 g/mol. The fourth-order valence-electron chi connectivity index (χ4n) is 2.11. The van der Waals surface area contributed by atoms with Crippen LogP contribution in [0.4, 0.5) is 0 Å². The Bertz CT molecular complexity index is 394. The third-order valence-corrected chi connectivity index (χ3v) is 3.45. The van der Waals surface area contributed by atoms with Crippen LogP contribution in [0, 0.1) is 12.3 Å². The van der Waals surface area contributed by atoms with E-state index in [9.17, 15) is 4.79 Å². The number of rotatable bonds is 3. The molecular weight excluding hydrogens is 218 g/mol. The van der Waals surface area contributed by atoms with Crippen LogP contribution >= 0.6 is 0 Å². The second-order valence-electron chi connectivity index (χ2n) is 5.00. The van der Waals surface area contributed by atoms with Crippen molar-refractivity contribution in [3.63, 3.8) is 0 Å². The number of hydrogen-bond acceptors (Lipinski definition) is 4. The summed E-state index contributed by atoms with van der Waals surface area (Å²) in [6.07, 6.45) is 3.48. The summed E-state index contributed by atoms with van der Waals surface area (Å²) < 4.78 is 5.02. The van der Waals surface area contributed by atoms with E-state index in [1.54, 1.807) is 6.92 Å². The lowest BCUT2D eigenvalue weighted by Gasteiger charge is -2.34. The van der Waals surface area contributed by atoms with E-state index in [-0.39, 0.29) is 11.3 Å². The molecule has 0 atom stereocenters. The third-order valence-electron chi connectivity index (χ3n) is 3.45. The highest BCUT2D eigenvalue weighted by molar-refractivity contribution is 5.93. The summed E-state index contributed by atoms with van der Waals surface area (Å²) in [6, 6.07) is 0. The van der Waals surface area contributed by atoms with Crippen molar-refractivity contribution >= 4 is 5.91 Å². The number of hydrogen-bond donors (Lipinski definition) is 2. The first-order chi connectivity index (χ1) is 8.11. The molecule has 1 aromatic rings. The molecule has 2 rings (SSSR count). The number of aryl methyl sites for hydroxylation is 1. The predicted octanol–water partition coefficient (Wildman–Crippen LogP) is 1.10. The molecule has 0 bridgehead atoms. The van der Waals surface area contributed by atoms with E-state index < -0.39 is 0 Å². The number of oxazole rings is 1. The first-order valence-electron chi connectivity index (χ1n) is 6.00. The molecule has 1 fully saturated rings. The van der Waals surface area contributed by atoms with Crippen LogP contribution in [0.5, 0.6) is 0 Å². The Morgan fingerprint density at radius 3 is 2.88 bits per heavy atom. The molecule has 5 nitrogen and oxygen atoms in total. The summed E-state index contributed by atoms with van der Waals surface area (Å²) in [5.41, 5.74) is 0.584. The van der Waals surface area contributed by atoms with Crippen molar-refractivity contribution in [2.75, 3.05) is 19.6 Å². The number of carbonyl (C=O) groups excluding carboxylic acids is 1. The number of nitrogens with one attached hydrogen (secondary N) is 2. The lowest BCUT2D eigenvalue weighted by molar-refractivity contribution is 0.0916. The number of carbonyl (C=O) groups is 1. The van der Waals surface area contributed by atoms with E-state index in [1.807, 2.05) is 0 Å². The second-order valence-corrected chi connectivity index (χ2v) is 5.00. The molecular formula is C12H19N3O2. The summed E-state index contributed by atoms with van der Waals surface area (Å²) in [7, 11) is 0. The minimum absolute atomic E-state index is 0.143. The smallest absolute Gasteiger partial charge is 0.273 e. The van der Waals surface area contributed by atoms with Gasteiger partial charge in [-0.1, -0.05) is 6.92 Å². The molecule has 0 radical (unpaired) electrons. The van der Waals surface area contributed by atoms with Crippen LogP contribution in [0.25, 0.3) is 0 Å². The van der Waals surface area contributed by atoms with Gasteiger partial charge in [0.1, 0.15) is 5.76 Å². The molecule has 1 saturated heterocycles. The highest BCUT2D eigenvalue weighted by Crippen LogP contribution is 2.26. The molecule has 2 heterocycles. The Kier molecular flexibility index (Phi) is 3.47. The molecule has 17 heavy (non-hydrogen) atoms. The fourth-order valence-corrected chi connectivity index (χ4v) is 2.11. The Morgan fingerprint density at radius 2 is 2.29 bits per heavy atom. The van der Waals surface area contributed by atoms with Crippen LogP contribution in [0.3, 0.4) is 0 Å². The Morgan fingerprint density at radius 1 is 1.59 bits per heavy atom. The fraction of sp³-hybridized carbons (Fsp3) is 0.667. The Labute approximate surface area is 101 Å². The lowest BCUT2D eigenvalue weighted by Crippen LogP contribution is -2.43. The summed E-state index contributed by atoms with van der Waals surface area (Å²) in [6.45, 7) is 6.70. The molecule has 0 aromatic carbocycles. The van der Waals surface area contributed by atoms with Crippen molar-refractivity contribution in [3.05, 3.63) is 17.8 Å². The zero-order chi connectivity index (χ0) is 12.3. The van der Waals surface area contributed by atoms with Gasteiger partial charge in [-0.3, -0.25) is 4.79 Å². The van der Waals surface area contributed by atoms with Gasteiger partial charge >= 0.3 is 0 Å². The summed E-state index contributed by atoms with van der Waals surface area (Å²) in [5, 5.41) is 6.27. The van der Waals surface area contributed by atoms with Crippen LogP contribution in [0.2, 0.25) is 0 Å². The van der Waals surface area contributed by atoms with Crippen molar-refractivity contribution in [2.24, 2.45) is 5.41 Å². The zero-order valence-corrected chi connectivity index (χ0v) is 10.4. The van der Waals surface area contributed by atoms with Crippen LogP contribution < -0.4 is 10.6 Å². The molecule has 94 valence electrons. The number of nitrogens with zero attached hydrogens (tertiary/aromatic N) is 1. The minimum Gasteiger partial charge on any atom is -0.448 e. The topological polar surface area (TPSA) is 67.2 Å². The maximum absolute atomic E-state index is 11.9. The van der Waals surface area contributed by atoms with E-state index in [1.165, 1.54) is 6.39 Å². The van der Waals surface area contributed by atoms with Crippen molar-refractivity contribution < 1.29 is 9.21 Å². The van der Waals surface area contributed by atoms with Gasteiger partial charge in [0, 0.05) is 6.54 Å². The molecule has 0 saturated carbocycles. The van der Waals surface area contributed by atoms with Gasteiger partial charge in [-0.05, 0) is 38.3 Å². The standard InChI is InChI=1S/C12H19N3O2/c1-9-10(15-8-17-9)11(16)14-7-12(2)3-5-13-6-4-12/h8,13H,3-7H2,1-2H3,(H,14,16).